The van der Waals surface area contributed by atoms with E-state index in [9.17, 15) is 4.79 Å². The van der Waals surface area contributed by atoms with Crippen molar-refractivity contribution in [2.45, 2.75) is 26.8 Å². The van der Waals surface area contributed by atoms with Gasteiger partial charge in [-0.05, 0) is 31.0 Å². The molecule has 1 aliphatic rings. The van der Waals surface area contributed by atoms with Crippen molar-refractivity contribution < 1.29 is 9.69 Å². The summed E-state index contributed by atoms with van der Waals surface area (Å²) in [6.45, 7) is 8.89. The van der Waals surface area contributed by atoms with E-state index in [1.54, 1.807) is 4.90 Å². The van der Waals surface area contributed by atoms with Gasteiger partial charge in [0.15, 0.2) is 0 Å². The average molecular weight is 338 g/mol. The van der Waals surface area contributed by atoms with Crippen LogP contribution in [-0.2, 0) is 13.0 Å². The lowest BCUT2D eigenvalue weighted by atomic mass is 10.1. The molecule has 2 N–H and O–H groups in total. The van der Waals surface area contributed by atoms with Gasteiger partial charge in [0.05, 0.1) is 26.2 Å². The van der Waals surface area contributed by atoms with E-state index in [2.05, 4.69) is 55.6 Å². The van der Waals surface area contributed by atoms with Crippen molar-refractivity contribution in [1.29, 1.82) is 0 Å². The zero-order chi connectivity index (χ0) is 17.6. The smallest absolute Gasteiger partial charge is 0.322 e. The summed E-state index contributed by atoms with van der Waals surface area (Å²) in [5, 5.41) is 3.01. The van der Waals surface area contributed by atoms with Gasteiger partial charge in [-0.2, -0.15) is 0 Å². The Kier molecular flexibility index (Phi) is 5.71. The van der Waals surface area contributed by atoms with Gasteiger partial charge in [0, 0.05) is 11.3 Å². The molecule has 1 aliphatic heterocycles. The standard InChI is InChI=1S/C21H27N3O/c1-3-18-8-10-20(11-9-18)22-21(25)24-14-12-23(13-15-24)16-19-6-4-17(2)5-7-19/h4-11H,3,12-16H2,1-2H3,(H,22,25)/p+1. The van der Waals surface area contributed by atoms with Crippen LogP contribution in [0.2, 0.25) is 0 Å². The monoisotopic (exact) mass is 338 g/mol. The number of nitrogens with one attached hydrogen (secondary N) is 2. The second-order valence-corrected chi connectivity index (χ2v) is 6.88. The largest absolute Gasteiger partial charge is 0.328 e. The van der Waals surface area contributed by atoms with Crippen LogP contribution >= 0.6 is 0 Å². The SMILES string of the molecule is CCc1ccc(NC(=O)N2CC[NH+](Cc3ccc(C)cc3)CC2)cc1. The molecular weight excluding hydrogens is 310 g/mol. The highest BCUT2D eigenvalue weighted by Gasteiger charge is 2.23. The van der Waals surface area contributed by atoms with E-state index < -0.39 is 0 Å². The normalized spacial score (nSPS) is 15.2. The Morgan fingerprint density at radius 3 is 2.20 bits per heavy atom. The molecule has 1 heterocycles. The van der Waals surface area contributed by atoms with Gasteiger partial charge in [0.2, 0.25) is 0 Å². The first kappa shape index (κ1) is 17.5. The summed E-state index contributed by atoms with van der Waals surface area (Å²) in [5.74, 6) is 0. The van der Waals surface area contributed by atoms with Gasteiger partial charge < -0.3 is 15.1 Å². The van der Waals surface area contributed by atoms with Gasteiger partial charge in [-0.3, -0.25) is 0 Å². The molecule has 2 aromatic rings. The molecule has 0 aliphatic carbocycles. The Bertz CT molecular complexity index is 686. The fourth-order valence-corrected chi connectivity index (χ4v) is 3.22. The van der Waals surface area contributed by atoms with Gasteiger partial charge in [0.1, 0.15) is 6.54 Å². The lowest BCUT2D eigenvalue weighted by Crippen LogP contribution is -3.13. The highest BCUT2D eigenvalue weighted by Crippen LogP contribution is 2.11. The van der Waals surface area contributed by atoms with Gasteiger partial charge >= 0.3 is 6.03 Å². The number of hydrogen-bond donors (Lipinski definition) is 2. The maximum absolute atomic E-state index is 12.4. The van der Waals surface area contributed by atoms with Crippen molar-refractivity contribution in [2.24, 2.45) is 0 Å². The van der Waals surface area contributed by atoms with Crippen LogP contribution in [0, 0.1) is 6.92 Å². The van der Waals surface area contributed by atoms with Crippen molar-refractivity contribution >= 4 is 11.7 Å². The molecule has 0 bridgehead atoms. The van der Waals surface area contributed by atoms with Gasteiger partial charge in [-0.1, -0.05) is 48.9 Å². The summed E-state index contributed by atoms with van der Waals surface area (Å²) in [5.41, 5.74) is 4.82. The van der Waals surface area contributed by atoms with Crippen LogP contribution < -0.4 is 10.2 Å². The number of urea groups is 1. The third kappa shape index (κ3) is 4.83. The molecule has 3 rings (SSSR count). The molecule has 2 amide bonds. The zero-order valence-corrected chi connectivity index (χ0v) is 15.2. The van der Waals surface area contributed by atoms with Crippen molar-refractivity contribution in [2.75, 3.05) is 31.5 Å². The van der Waals surface area contributed by atoms with E-state index in [0.717, 1.165) is 44.8 Å². The lowest BCUT2D eigenvalue weighted by molar-refractivity contribution is -0.917. The third-order valence-electron chi connectivity index (χ3n) is 4.95. The number of benzene rings is 2. The first-order chi connectivity index (χ1) is 12.1. The molecule has 0 saturated carbocycles. The first-order valence-corrected chi connectivity index (χ1v) is 9.18. The molecular formula is C21H28N3O+. The van der Waals surface area contributed by atoms with Crippen LogP contribution in [0.4, 0.5) is 10.5 Å². The zero-order valence-electron chi connectivity index (χ0n) is 15.2. The van der Waals surface area contributed by atoms with Gasteiger partial charge in [-0.15, -0.1) is 0 Å². The van der Waals surface area contributed by atoms with E-state index in [-0.39, 0.29) is 6.03 Å². The molecule has 0 radical (unpaired) electrons. The van der Waals surface area contributed by atoms with Crippen LogP contribution in [0.5, 0.6) is 0 Å². The summed E-state index contributed by atoms with van der Waals surface area (Å²) >= 11 is 0. The Labute approximate surface area is 150 Å². The maximum atomic E-state index is 12.4. The Morgan fingerprint density at radius 2 is 1.60 bits per heavy atom. The molecule has 1 fully saturated rings. The van der Waals surface area contributed by atoms with Crippen molar-refractivity contribution in [1.82, 2.24) is 4.90 Å². The maximum Gasteiger partial charge on any atom is 0.322 e. The first-order valence-electron chi connectivity index (χ1n) is 9.18. The minimum Gasteiger partial charge on any atom is -0.328 e. The number of rotatable bonds is 4. The molecule has 4 nitrogen and oxygen atoms in total. The fourth-order valence-electron chi connectivity index (χ4n) is 3.22. The Morgan fingerprint density at radius 1 is 1.00 bits per heavy atom. The molecule has 0 unspecified atom stereocenters. The van der Waals surface area contributed by atoms with E-state index in [1.807, 2.05) is 17.0 Å². The molecule has 0 spiro atoms. The molecule has 2 aromatic carbocycles. The Balaban J connectivity index is 1.47. The topological polar surface area (TPSA) is 36.8 Å². The molecule has 4 heteroatoms. The summed E-state index contributed by atoms with van der Waals surface area (Å²) in [4.78, 5) is 15.9. The van der Waals surface area contributed by atoms with Crippen molar-refractivity contribution in [3.63, 3.8) is 0 Å². The summed E-state index contributed by atoms with van der Waals surface area (Å²) in [7, 11) is 0. The number of aryl methyl sites for hydroxylation is 2. The molecule has 0 aromatic heterocycles. The quantitative estimate of drug-likeness (QED) is 0.883. The third-order valence-corrected chi connectivity index (χ3v) is 4.95. The lowest BCUT2D eigenvalue weighted by Gasteiger charge is -2.32. The predicted octanol–water partition coefficient (Wildman–Crippen LogP) is 2.49. The summed E-state index contributed by atoms with van der Waals surface area (Å²) in [6, 6.07) is 16.9. The molecule has 0 atom stereocenters. The summed E-state index contributed by atoms with van der Waals surface area (Å²) in [6.07, 6.45) is 1.01. The van der Waals surface area contributed by atoms with Crippen molar-refractivity contribution in [3.05, 3.63) is 65.2 Å². The average Bonchev–Trinajstić information content (AvgIpc) is 2.65. The van der Waals surface area contributed by atoms with Gasteiger partial charge in [0.25, 0.3) is 0 Å². The van der Waals surface area contributed by atoms with Crippen LogP contribution in [0.15, 0.2) is 48.5 Å². The van der Waals surface area contributed by atoms with Crippen LogP contribution in [0.3, 0.4) is 0 Å². The number of carbonyl (C=O) groups is 1. The molecule has 25 heavy (non-hydrogen) atoms. The summed E-state index contributed by atoms with van der Waals surface area (Å²) < 4.78 is 0. The minimum atomic E-state index is 0.0126. The number of carbonyl (C=O) groups excluding carboxylic acids is 1. The Hall–Kier alpha value is -2.33. The van der Waals surface area contributed by atoms with Crippen LogP contribution in [0.25, 0.3) is 0 Å². The fraction of sp³-hybridized carbons (Fsp3) is 0.381. The number of anilines is 1. The van der Waals surface area contributed by atoms with Crippen molar-refractivity contribution in [3.8, 4) is 0 Å². The van der Waals surface area contributed by atoms with E-state index in [1.165, 1.54) is 16.7 Å². The van der Waals surface area contributed by atoms with Gasteiger partial charge in [-0.25, -0.2) is 4.79 Å². The number of piperazine rings is 1. The number of quaternary nitrogens is 1. The molecule has 132 valence electrons. The second-order valence-electron chi connectivity index (χ2n) is 6.88. The number of hydrogen-bond acceptors (Lipinski definition) is 1. The van der Waals surface area contributed by atoms with E-state index >= 15 is 0 Å². The van der Waals surface area contributed by atoms with E-state index in [4.69, 9.17) is 0 Å². The highest BCUT2D eigenvalue weighted by molar-refractivity contribution is 5.89. The predicted molar refractivity (Wildman–Crippen MR) is 102 cm³/mol. The van der Waals surface area contributed by atoms with Crippen LogP contribution in [-0.4, -0.2) is 37.1 Å². The minimum absolute atomic E-state index is 0.0126. The molecule has 1 saturated heterocycles. The number of amides is 2. The van der Waals surface area contributed by atoms with Crippen LogP contribution in [0.1, 0.15) is 23.6 Å². The van der Waals surface area contributed by atoms with E-state index in [0.29, 0.717) is 0 Å². The number of nitrogens with zero attached hydrogens (tertiary/aromatic N) is 1. The highest BCUT2D eigenvalue weighted by atomic mass is 16.2. The second kappa shape index (κ2) is 8.17.